The number of likely N-dealkylation sites (tertiary alicyclic amines) is 1. The summed E-state index contributed by atoms with van der Waals surface area (Å²) in [6.07, 6.45) is 2.67. The number of rotatable bonds is 7. The van der Waals surface area contributed by atoms with Crippen LogP contribution in [0.3, 0.4) is 0 Å². The Hall–Kier alpha value is -1.31. The third-order valence-corrected chi connectivity index (χ3v) is 3.95. The molecule has 1 heterocycles. The summed E-state index contributed by atoms with van der Waals surface area (Å²) >= 11 is 0. The first-order valence-electron chi connectivity index (χ1n) is 8.54. The van der Waals surface area contributed by atoms with E-state index in [1.165, 1.54) is 11.1 Å². The van der Waals surface area contributed by atoms with Crippen molar-refractivity contribution in [2.45, 2.75) is 39.7 Å². The van der Waals surface area contributed by atoms with E-state index in [2.05, 4.69) is 53.7 Å². The molecule has 0 saturated carbocycles. The maximum absolute atomic E-state index is 11.6. The van der Waals surface area contributed by atoms with Crippen LogP contribution in [0.25, 0.3) is 0 Å². The molecule has 6 heteroatoms. The van der Waals surface area contributed by atoms with Crippen LogP contribution in [0.4, 0.5) is 0 Å². The molecule has 1 aliphatic rings. The number of carbonyl (C=O) groups excluding carboxylic acids is 1. The normalized spacial score (nSPS) is 14.5. The van der Waals surface area contributed by atoms with Gasteiger partial charge in [0.1, 0.15) is 0 Å². The molecule has 0 spiro atoms. The Morgan fingerprint density at radius 2 is 2.00 bits per heavy atom. The van der Waals surface area contributed by atoms with E-state index in [9.17, 15) is 4.79 Å². The lowest BCUT2D eigenvalue weighted by molar-refractivity contribution is -0.127. The molecule has 5 nitrogen and oxygen atoms in total. The van der Waals surface area contributed by atoms with E-state index >= 15 is 0 Å². The number of hydrogen-bond donors (Lipinski definition) is 2. The van der Waals surface area contributed by atoms with Gasteiger partial charge in [0.2, 0.25) is 5.91 Å². The van der Waals surface area contributed by atoms with E-state index in [-0.39, 0.29) is 24.0 Å². The second kappa shape index (κ2) is 11.3. The van der Waals surface area contributed by atoms with Crippen LogP contribution in [0.15, 0.2) is 29.3 Å². The van der Waals surface area contributed by atoms with Crippen LogP contribution in [0.1, 0.15) is 37.3 Å². The van der Waals surface area contributed by atoms with Crippen molar-refractivity contribution in [3.63, 3.8) is 0 Å². The summed E-state index contributed by atoms with van der Waals surface area (Å²) in [7, 11) is 0. The minimum Gasteiger partial charge on any atom is -0.357 e. The summed E-state index contributed by atoms with van der Waals surface area (Å²) in [5, 5.41) is 6.60. The van der Waals surface area contributed by atoms with Gasteiger partial charge in [0, 0.05) is 32.6 Å². The summed E-state index contributed by atoms with van der Waals surface area (Å²) in [4.78, 5) is 18.1. The van der Waals surface area contributed by atoms with E-state index in [1.54, 1.807) is 0 Å². The van der Waals surface area contributed by atoms with Crippen molar-refractivity contribution in [1.82, 2.24) is 15.5 Å². The summed E-state index contributed by atoms with van der Waals surface area (Å²) in [5.41, 5.74) is 2.47. The number of benzene rings is 1. The van der Waals surface area contributed by atoms with Crippen molar-refractivity contribution in [2.75, 3.05) is 26.2 Å². The first-order chi connectivity index (χ1) is 11.2. The lowest BCUT2D eigenvalue weighted by atomic mass is 10.1. The van der Waals surface area contributed by atoms with Crippen molar-refractivity contribution in [3.05, 3.63) is 35.4 Å². The lowest BCUT2D eigenvalue weighted by Crippen LogP contribution is -2.39. The Bertz CT molecular complexity index is 530. The number of hydrogen-bond acceptors (Lipinski definition) is 2. The number of aryl methyl sites for hydroxylation is 1. The van der Waals surface area contributed by atoms with Gasteiger partial charge in [0.05, 0.1) is 6.54 Å². The summed E-state index contributed by atoms with van der Waals surface area (Å²) in [6.45, 7) is 8.23. The molecule has 1 aromatic carbocycles. The van der Waals surface area contributed by atoms with Crippen molar-refractivity contribution in [1.29, 1.82) is 0 Å². The maximum atomic E-state index is 11.6. The average molecular weight is 444 g/mol. The van der Waals surface area contributed by atoms with Gasteiger partial charge in [-0.25, -0.2) is 4.99 Å². The standard InChI is InChI=1S/C18H28N4O.HI/c1-3-19-18(21-14-16-9-7-15(2)8-10-16)20-11-5-13-22-12-4-6-17(22)23;/h7-10H,3-6,11-14H2,1-2H3,(H2,19,20,21);1H. The van der Waals surface area contributed by atoms with E-state index in [0.717, 1.165) is 45.0 Å². The van der Waals surface area contributed by atoms with Gasteiger partial charge in [-0.15, -0.1) is 24.0 Å². The summed E-state index contributed by atoms with van der Waals surface area (Å²) in [6, 6.07) is 8.44. The topological polar surface area (TPSA) is 56.7 Å². The van der Waals surface area contributed by atoms with E-state index in [0.29, 0.717) is 18.9 Å². The molecule has 24 heavy (non-hydrogen) atoms. The summed E-state index contributed by atoms with van der Waals surface area (Å²) in [5.74, 6) is 1.13. The van der Waals surface area contributed by atoms with Gasteiger partial charge in [0.15, 0.2) is 5.96 Å². The van der Waals surface area contributed by atoms with Crippen LogP contribution in [0.2, 0.25) is 0 Å². The lowest BCUT2D eigenvalue weighted by Gasteiger charge is -2.16. The largest absolute Gasteiger partial charge is 0.357 e. The third-order valence-electron chi connectivity index (χ3n) is 3.95. The molecular formula is C18H29IN4O. The molecule has 1 aliphatic heterocycles. The molecule has 0 bridgehead atoms. The number of amides is 1. The first-order valence-corrected chi connectivity index (χ1v) is 8.54. The fourth-order valence-electron chi connectivity index (χ4n) is 2.62. The fourth-order valence-corrected chi connectivity index (χ4v) is 2.62. The molecule has 1 amide bonds. The van der Waals surface area contributed by atoms with Crippen molar-refractivity contribution in [3.8, 4) is 0 Å². The van der Waals surface area contributed by atoms with E-state index in [4.69, 9.17) is 0 Å². The van der Waals surface area contributed by atoms with Crippen LogP contribution in [-0.2, 0) is 11.3 Å². The number of aliphatic imine (C=N–C) groups is 1. The van der Waals surface area contributed by atoms with Crippen molar-refractivity contribution >= 4 is 35.8 Å². The Labute approximate surface area is 162 Å². The van der Waals surface area contributed by atoms with Gasteiger partial charge >= 0.3 is 0 Å². The minimum atomic E-state index is 0. The van der Waals surface area contributed by atoms with Gasteiger partial charge in [0.25, 0.3) is 0 Å². The summed E-state index contributed by atoms with van der Waals surface area (Å²) < 4.78 is 0. The zero-order chi connectivity index (χ0) is 16.5. The van der Waals surface area contributed by atoms with Crippen LogP contribution in [0.5, 0.6) is 0 Å². The predicted octanol–water partition coefficient (Wildman–Crippen LogP) is 2.68. The molecule has 2 rings (SSSR count). The van der Waals surface area contributed by atoms with Crippen LogP contribution < -0.4 is 10.6 Å². The number of halogens is 1. The molecule has 1 fully saturated rings. The van der Waals surface area contributed by atoms with Gasteiger partial charge in [-0.3, -0.25) is 4.79 Å². The monoisotopic (exact) mass is 444 g/mol. The Kier molecular flexibility index (Phi) is 9.75. The second-order valence-corrected chi connectivity index (χ2v) is 5.95. The Morgan fingerprint density at radius 1 is 1.25 bits per heavy atom. The highest BCUT2D eigenvalue weighted by Gasteiger charge is 2.18. The zero-order valence-electron chi connectivity index (χ0n) is 14.7. The molecule has 2 N–H and O–H groups in total. The first kappa shape index (κ1) is 20.7. The van der Waals surface area contributed by atoms with Crippen molar-refractivity contribution < 1.29 is 4.79 Å². The number of guanidine groups is 1. The van der Waals surface area contributed by atoms with Crippen LogP contribution >= 0.6 is 24.0 Å². The molecule has 0 atom stereocenters. The molecule has 0 aliphatic carbocycles. The number of nitrogens with one attached hydrogen (secondary N) is 2. The molecule has 0 unspecified atom stereocenters. The highest BCUT2D eigenvalue weighted by Crippen LogP contribution is 2.09. The quantitative estimate of drug-likeness (QED) is 0.294. The molecule has 0 radical (unpaired) electrons. The highest BCUT2D eigenvalue weighted by atomic mass is 127. The second-order valence-electron chi connectivity index (χ2n) is 5.95. The zero-order valence-corrected chi connectivity index (χ0v) is 17.0. The van der Waals surface area contributed by atoms with Gasteiger partial charge in [-0.05, 0) is 32.3 Å². The van der Waals surface area contributed by atoms with Crippen LogP contribution in [0, 0.1) is 6.92 Å². The minimum absolute atomic E-state index is 0. The number of carbonyl (C=O) groups is 1. The number of nitrogens with zero attached hydrogens (tertiary/aromatic N) is 2. The molecule has 134 valence electrons. The highest BCUT2D eigenvalue weighted by molar-refractivity contribution is 14.0. The van der Waals surface area contributed by atoms with Gasteiger partial charge in [-0.1, -0.05) is 29.8 Å². The Balaban J connectivity index is 0.00000288. The smallest absolute Gasteiger partial charge is 0.222 e. The average Bonchev–Trinajstić information content (AvgIpc) is 2.96. The van der Waals surface area contributed by atoms with Crippen LogP contribution in [-0.4, -0.2) is 42.9 Å². The Morgan fingerprint density at radius 3 is 2.62 bits per heavy atom. The maximum Gasteiger partial charge on any atom is 0.222 e. The van der Waals surface area contributed by atoms with Gasteiger partial charge < -0.3 is 15.5 Å². The third kappa shape index (κ3) is 7.07. The van der Waals surface area contributed by atoms with Crippen molar-refractivity contribution in [2.24, 2.45) is 4.99 Å². The SMILES string of the molecule is CCNC(=NCc1ccc(C)cc1)NCCCN1CCCC1=O.I. The molecule has 1 aromatic rings. The van der Waals surface area contributed by atoms with E-state index in [1.807, 2.05) is 4.90 Å². The fraction of sp³-hybridized carbons (Fsp3) is 0.556. The molecule has 0 aromatic heterocycles. The predicted molar refractivity (Wildman–Crippen MR) is 110 cm³/mol. The molecule has 1 saturated heterocycles. The molecular weight excluding hydrogens is 415 g/mol. The van der Waals surface area contributed by atoms with Gasteiger partial charge in [-0.2, -0.15) is 0 Å². The van der Waals surface area contributed by atoms with E-state index < -0.39 is 0 Å².